The van der Waals surface area contributed by atoms with E-state index < -0.39 is 12.0 Å². The maximum absolute atomic E-state index is 12.1. The number of benzene rings is 2. The van der Waals surface area contributed by atoms with Crippen molar-refractivity contribution >= 4 is 23.4 Å². The molecule has 2 amide bonds. The van der Waals surface area contributed by atoms with E-state index in [4.69, 9.17) is 4.74 Å². The average Bonchev–Trinajstić information content (AvgIpc) is 2.55. The third kappa shape index (κ3) is 3.54. The Bertz CT molecular complexity index is 685. The smallest absolute Gasteiger partial charge is 0.339 e. The molecule has 6 heteroatoms. The van der Waals surface area contributed by atoms with Crippen molar-refractivity contribution in [1.82, 2.24) is 0 Å². The minimum absolute atomic E-state index is 0.278. The Labute approximate surface area is 128 Å². The number of nitrogens with one attached hydrogen (secondary N) is 2. The number of rotatable bonds is 4. The molecule has 0 aliphatic carbocycles. The van der Waals surface area contributed by atoms with Crippen LogP contribution in [0.2, 0.25) is 0 Å². The fourth-order valence-electron chi connectivity index (χ4n) is 1.90. The van der Waals surface area contributed by atoms with Crippen molar-refractivity contribution in [3.05, 3.63) is 54.1 Å². The summed E-state index contributed by atoms with van der Waals surface area (Å²) in [4.78, 5) is 23.7. The van der Waals surface area contributed by atoms with E-state index in [1.807, 2.05) is 0 Å². The Balaban J connectivity index is 2.14. The molecule has 6 nitrogen and oxygen atoms in total. The molecule has 2 aromatic carbocycles. The van der Waals surface area contributed by atoms with Gasteiger partial charge in [-0.15, -0.1) is 0 Å². The quantitative estimate of drug-likeness (QED) is 0.850. The summed E-state index contributed by atoms with van der Waals surface area (Å²) < 4.78 is 9.84. The third-order valence-corrected chi connectivity index (χ3v) is 2.94. The van der Waals surface area contributed by atoms with Gasteiger partial charge in [-0.05, 0) is 24.3 Å². The molecule has 0 aliphatic rings. The van der Waals surface area contributed by atoms with E-state index >= 15 is 0 Å². The number of hydrogen-bond donors (Lipinski definition) is 2. The summed E-state index contributed by atoms with van der Waals surface area (Å²) in [5.41, 5.74) is 1.17. The molecule has 0 heterocycles. The number of methoxy groups -OCH3 is 2. The summed E-state index contributed by atoms with van der Waals surface area (Å²) in [5.74, 6) is 0.0205. The van der Waals surface area contributed by atoms with Crippen LogP contribution in [-0.2, 0) is 4.74 Å². The van der Waals surface area contributed by atoms with Crippen LogP contribution in [0.3, 0.4) is 0 Å². The lowest BCUT2D eigenvalue weighted by molar-refractivity contribution is 0.0602. The van der Waals surface area contributed by atoms with Crippen LogP contribution in [0.1, 0.15) is 10.4 Å². The molecule has 0 fully saturated rings. The van der Waals surface area contributed by atoms with Gasteiger partial charge in [-0.1, -0.05) is 24.3 Å². The summed E-state index contributed by atoms with van der Waals surface area (Å²) >= 11 is 0. The van der Waals surface area contributed by atoms with Gasteiger partial charge in [0.25, 0.3) is 0 Å². The predicted octanol–water partition coefficient (Wildman–Crippen LogP) is 3.13. The highest BCUT2D eigenvalue weighted by Gasteiger charge is 2.14. The van der Waals surface area contributed by atoms with Crippen LogP contribution in [-0.4, -0.2) is 26.2 Å². The zero-order chi connectivity index (χ0) is 15.9. The van der Waals surface area contributed by atoms with Crippen LogP contribution in [0.25, 0.3) is 0 Å². The SMILES string of the molecule is COC(=O)c1ccccc1NC(=O)Nc1ccccc1OC. The van der Waals surface area contributed by atoms with Gasteiger partial charge in [0, 0.05) is 0 Å². The highest BCUT2D eigenvalue weighted by atomic mass is 16.5. The van der Waals surface area contributed by atoms with Crippen molar-refractivity contribution in [2.75, 3.05) is 24.9 Å². The Hall–Kier alpha value is -3.02. The Morgan fingerprint density at radius 3 is 2.14 bits per heavy atom. The molecule has 0 spiro atoms. The lowest BCUT2D eigenvalue weighted by atomic mass is 10.2. The molecular formula is C16H16N2O4. The molecule has 0 saturated heterocycles. The van der Waals surface area contributed by atoms with Gasteiger partial charge in [0.1, 0.15) is 5.75 Å². The molecule has 0 bridgehead atoms. The van der Waals surface area contributed by atoms with E-state index in [2.05, 4.69) is 15.4 Å². The maximum atomic E-state index is 12.1. The first-order valence-electron chi connectivity index (χ1n) is 6.54. The molecule has 0 radical (unpaired) electrons. The first-order valence-corrected chi connectivity index (χ1v) is 6.54. The molecule has 0 atom stereocenters. The summed E-state index contributed by atoms with van der Waals surface area (Å²) in [6.07, 6.45) is 0. The van der Waals surface area contributed by atoms with E-state index in [0.29, 0.717) is 17.1 Å². The Morgan fingerprint density at radius 1 is 0.864 bits per heavy atom. The predicted molar refractivity (Wildman–Crippen MR) is 83.4 cm³/mol. The van der Waals surface area contributed by atoms with Crippen molar-refractivity contribution in [2.45, 2.75) is 0 Å². The number of ether oxygens (including phenoxy) is 2. The largest absolute Gasteiger partial charge is 0.495 e. The van der Waals surface area contributed by atoms with Gasteiger partial charge in [-0.3, -0.25) is 0 Å². The van der Waals surface area contributed by atoms with Crippen molar-refractivity contribution < 1.29 is 19.1 Å². The molecule has 22 heavy (non-hydrogen) atoms. The second-order valence-corrected chi connectivity index (χ2v) is 4.32. The third-order valence-electron chi connectivity index (χ3n) is 2.94. The van der Waals surface area contributed by atoms with Crippen LogP contribution < -0.4 is 15.4 Å². The van der Waals surface area contributed by atoms with Gasteiger partial charge in [-0.25, -0.2) is 9.59 Å². The van der Waals surface area contributed by atoms with E-state index in [9.17, 15) is 9.59 Å². The Kier molecular flexibility index (Phi) is 4.98. The lowest BCUT2D eigenvalue weighted by Gasteiger charge is -2.12. The normalized spacial score (nSPS) is 9.73. The minimum atomic E-state index is -0.520. The maximum Gasteiger partial charge on any atom is 0.339 e. The first kappa shape index (κ1) is 15.4. The summed E-state index contributed by atoms with van der Waals surface area (Å²) in [5, 5.41) is 5.29. The molecule has 0 aromatic heterocycles. The molecule has 0 unspecified atom stereocenters. The second-order valence-electron chi connectivity index (χ2n) is 4.32. The zero-order valence-corrected chi connectivity index (χ0v) is 12.3. The van der Waals surface area contributed by atoms with Gasteiger partial charge in [0.15, 0.2) is 0 Å². The number of hydrogen-bond acceptors (Lipinski definition) is 4. The van der Waals surface area contributed by atoms with Crippen molar-refractivity contribution in [3.8, 4) is 5.75 Å². The molecule has 2 rings (SSSR count). The fraction of sp³-hybridized carbons (Fsp3) is 0.125. The van der Waals surface area contributed by atoms with Gasteiger partial charge in [-0.2, -0.15) is 0 Å². The Morgan fingerprint density at radius 2 is 1.45 bits per heavy atom. The standard InChI is InChI=1S/C16H16N2O4/c1-21-14-10-6-5-9-13(14)18-16(20)17-12-8-4-3-7-11(12)15(19)22-2/h3-10H,1-2H3,(H2,17,18,20). The van der Waals surface area contributed by atoms with Gasteiger partial charge >= 0.3 is 12.0 Å². The van der Waals surface area contributed by atoms with Crippen molar-refractivity contribution in [3.63, 3.8) is 0 Å². The van der Waals surface area contributed by atoms with Crippen molar-refractivity contribution in [1.29, 1.82) is 0 Å². The summed E-state index contributed by atoms with van der Waals surface area (Å²) in [7, 11) is 2.80. The molecule has 114 valence electrons. The monoisotopic (exact) mass is 300 g/mol. The number of anilines is 2. The number of esters is 1. The first-order chi connectivity index (χ1) is 10.7. The number of carbonyl (C=O) groups is 2. The van der Waals surface area contributed by atoms with Crippen molar-refractivity contribution in [2.24, 2.45) is 0 Å². The zero-order valence-electron chi connectivity index (χ0n) is 12.3. The number of urea groups is 1. The van der Waals surface area contributed by atoms with Gasteiger partial charge < -0.3 is 20.1 Å². The van der Waals surface area contributed by atoms with Crippen LogP contribution in [0.15, 0.2) is 48.5 Å². The molecule has 0 saturated carbocycles. The molecule has 0 aliphatic heterocycles. The van der Waals surface area contributed by atoms with Crippen LogP contribution in [0.5, 0.6) is 5.75 Å². The highest BCUT2D eigenvalue weighted by molar-refractivity contribution is 6.05. The molecular weight excluding hydrogens is 284 g/mol. The van der Waals surface area contributed by atoms with Crippen LogP contribution in [0, 0.1) is 0 Å². The minimum Gasteiger partial charge on any atom is -0.495 e. The van der Waals surface area contributed by atoms with E-state index in [-0.39, 0.29) is 5.56 Å². The van der Waals surface area contributed by atoms with Crippen LogP contribution in [0.4, 0.5) is 16.2 Å². The average molecular weight is 300 g/mol. The van der Waals surface area contributed by atoms with Gasteiger partial charge in [0.2, 0.25) is 0 Å². The van der Waals surface area contributed by atoms with E-state index in [0.717, 1.165) is 0 Å². The van der Waals surface area contributed by atoms with E-state index in [1.165, 1.54) is 14.2 Å². The number of carbonyl (C=O) groups excluding carboxylic acids is 2. The van der Waals surface area contributed by atoms with Gasteiger partial charge in [0.05, 0.1) is 31.2 Å². The van der Waals surface area contributed by atoms with E-state index in [1.54, 1.807) is 48.5 Å². The highest BCUT2D eigenvalue weighted by Crippen LogP contribution is 2.23. The second kappa shape index (κ2) is 7.12. The summed E-state index contributed by atoms with van der Waals surface area (Å²) in [6.45, 7) is 0. The topological polar surface area (TPSA) is 76.7 Å². The summed E-state index contributed by atoms with van der Waals surface area (Å²) in [6, 6.07) is 13.1. The molecule has 2 N–H and O–H groups in total. The number of para-hydroxylation sites is 3. The number of amides is 2. The fourth-order valence-corrected chi connectivity index (χ4v) is 1.90. The van der Waals surface area contributed by atoms with Crippen LogP contribution >= 0.6 is 0 Å². The molecule has 2 aromatic rings. The lowest BCUT2D eigenvalue weighted by Crippen LogP contribution is -2.21.